The van der Waals surface area contributed by atoms with Gasteiger partial charge in [-0.2, -0.15) is 0 Å². The number of halogens is 1. The SMILES string of the molecule is CCn1cc(C(=O)O)c(=O)c2cc(F)c(N3CCN(CN4C(=O)CCC4=O)CC3)cc21. The molecule has 4 rings (SSSR count). The van der Waals surface area contributed by atoms with Crippen LogP contribution in [0.4, 0.5) is 10.1 Å². The fourth-order valence-electron chi connectivity index (χ4n) is 4.17. The van der Waals surface area contributed by atoms with Crippen molar-refractivity contribution in [3.05, 3.63) is 39.9 Å². The Morgan fingerprint density at radius 2 is 1.71 bits per heavy atom. The smallest absolute Gasteiger partial charge is 0.341 e. The number of fused-ring (bicyclic) bond motifs is 1. The largest absolute Gasteiger partial charge is 0.477 e. The number of carbonyl (C=O) groups excluding carboxylic acids is 2. The summed E-state index contributed by atoms with van der Waals surface area (Å²) in [5.41, 5.74) is -0.279. The third-order valence-electron chi connectivity index (χ3n) is 5.93. The van der Waals surface area contributed by atoms with E-state index in [1.54, 1.807) is 10.6 Å². The van der Waals surface area contributed by atoms with Crippen molar-refractivity contribution in [2.75, 3.05) is 37.7 Å². The topological polar surface area (TPSA) is 103 Å². The molecule has 1 N–H and O–H groups in total. The molecule has 0 aliphatic carbocycles. The molecule has 0 spiro atoms. The van der Waals surface area contributed by atoms with E-state index in [1.807, 2.05) is 16.7 Å². The van der Waals surface area contributed by atoms with E-state index in [-0.39, 0.29) is 42.3 Å². The van der Waals surface area contributed by atoms with Gasteiger partial charge >= 0.3 is 5.97 Å². The summed E-state index contributed by atoms with van der Waals surface area (Å²) in [5, 5.41) is 9.30. The highest BCUT2D eigenvalue weighted by molar-refractivity contribution is 6.01. The van der Waals surface area contributed by atoms with Crippen LogP contribution in [0.25, 0.3) is 10.9 Å². The summed E-state index contributed by atoms with van der Waals surface area (Å²) in [6.07, 6.45) is 1.80. The van der Waals surface area contributed by atoms with Crippen molar-refractivity contribution in [1.82, 2.24) is 14.4 Å². The highest BCUT2D eigenvalue weighted by Gasteiger charge is 2.31. The first-order valence-corrected chi connectivity index (χ1v) is 10.2. The number of anilines is 1. The maximum absolute atomic E-state index is 14.9. The maximum Gasteiger partial charge on any atom is 0.341 e. The first-order chi connectivity index (χ1) is 14.8. The fraction of sp³-hybridized carbons (Fsp3) is 0.429. The maximum atomic E-state index is 14.9. The highest BCUT2D eigenvalue weighted by Crippen LogP contribution is 2.26. The molecule has 0 bridgehead atoms. The zero-order valence-electron chi connectivity index (χ0n) is 17.1. The minimum atomic E-state index is -1.34. The molecule has 2 amide bonds. The quantitative estimate of drug-likeness (QED) is 0.709. The molecule has 31 heavy (non-hydrogen) atoms. The zero-order valence-corrected chi connectivity index (χ0v) is 17.1. The van der Waals surface area contributed by atoms with Crippen LogP contribution in [0, 0.1) is 5.82 Å². The number of aryl methyl sites for hydroxylation is 1. The molecule has 2 aromatic rings. The lowest BCUT2D eigenvalue weighted by Gasteiger charge is -2.37. The van der Waals surface area contributed by atoms with Gasteiger partial charge in [-0.3, -0.25) is 24.2 Å². The minimum absolute atomic E-state index is 0.0349. The Balaban J connectivity index is 1.58. The van der Waals surface area contributed by atoms with Crippen molar-refractivity contribution >= 4 is 34.4 Å². The average molecular weight is 430 g/mol. The molecule has 2 aliphatic heterocycles. The fourth-order valence-corrected chi connectivity index (χ4v) is 4.17. The standard InChI is InChI=1S/C21H23FN4O5/c1-2-24-11-14(21(30)31)20(29)13-9-15(22)17(10-16(13)24)25-7-5-23(6-8-25)12-26-18(27)3-4-19(26)28/h9-11H,2-8,12H2,1H3,(H,30,31). The summed E-state index contributed by atoms with van der Waals surface area (Å²) in [7, 11) is 0. The third kappa shape index (κ3) is 3.78. The number of imide groups is 1. The van der Waals surface area contributed by atoms with Crippen LogP contribution in [0.2, 0.25) is 0 Å². The van der Waals surface area contributed by atoms with E-state index in [9.17, 15) is 28.7 Å². The molecule has 1 aromatic carbocycles. The molecular formula is C21H23FN4O5. The van der Waals surface area contributed by atoms with Crippen LogP contribution in [0.5, 0.6) is 0 Å². The van der Waals surface area contributed by atoms with E-state index < -0.39 is 17.2 Å². The Bertz CT molecular complexity index is 1120. The van der Waals surface area contributed by atoms with Crippen LogP contribution >= 0.6 is 0 Å². The second-order valence-electron chi connectivity index (χ2n) is 7.75. The van der Waals surface area contributed by atoms with Gasteiger partial charge in [0.15, 0.2) is 0 Å². The summed E-state index contributed by atoms with van der Waals surface area (Å²) in [6.45, 7) is 4.57. The van der Waals surface area contributed by atoms with Crippen molar-refractivity contribution in [2.45, 2.75) is 26.3 Å². The van der Waals surface area contributed by atoms with Crippen molar-refractivity contribution in [3.63, 3.8) is 0 Å². The van der Waals surface area contributed by atoms with Crippen LogP contribution in [0.3, 0.4) is 0 Å². The second-order valence-corrected chi connectivity index (χ2v) is 7.75. The van der Waals surface area contributed by atoms with Crippen LogP contribution < -0.4 is 10.3 Å². The van der Waals surface area contributed by atoms with Crippen LogP contribution in [-0.2, 0) is 16.1 Å². The number of likely N-dealkylation sites (tertiary alicyclic amines) is 1. The number of pyridine rings is 1. The van der Waals surface area contributed by atoms with Gasteiger partial charge < -0.3 is 14.6 Å². The normalized spacial score (nSPS) is 17.7. The number of carboxylic acid groups (broad SMARTS) is 1. The number of nitrogens with zero attached hydrogens (tertiary/aromatic N) is 4. The molecule has 164 valence electrons. The van der Waals surface area contributed by atoms with E-state index in [0.29, 0.717) is 43.9 Å². The monoisotopic (exact) mass is 430 g/mol. The number of piperazine rings is 1. The number of carbonyl (C=O) groups is 3. The average Bonchev–Trinajstić information content (AvgIpc) is 3.06. The zero-order chi connectivity index (χ0) is 22.3. The molecule has 2 aliphatic rings. The molecule has 2 fully saturated rings. The predicted molar refractivity (Wildman–Crippen MR) is 111 cm³/mol. The summed E-state index contributed by atoms with van der Waals surface area (Å²) in [4.78, 5) is 52.6. The number of hydrogen-bond acceptors (Lipinski definition) is 6. The number of carboxylic acids is 1. The van der Waals surface area contributed by atoms with Gasteiger partial charge in [0, 0.05) is 57.1 Å². The van der Waals surface area contributed by atoms with Crippen LogP contribution in [0.15, 0.2) is 23.1 Å². The van der Waals surface area contributed by atoms with E-state index in [1.165, 1.54) is 11.1 Å². The molecule has 2 saturated heterocycles. The first-order valence-electron chi connectivity index (χ1n) is 10.2. The number of amides is 2. The van der Waals surface area contributed by atoms with Gasteiger partial charge in [0.2, 0.25) is 17.2 Å². The highest BCUT2D eigenvalue weighted by atomic mass is 19.1. The lowest BCUT2D eigenvalue weighted by molar-refractivity contribution is -0.140. The molecule has 0 atom stereocenters. The van der Waals surface area contributed by atoms with Crippen molar-refractivity contribution in [1.29, 1.82) is 0 Å². The van der Waals surface area contributed by atoms with Gasteiger partial charge in [-0.05, 0) is 19.1 Å². The molecule has 9 nitrogen and oxygen atoms in total. The molecule has 3 heterocycles. The van der Waals surface area contributed by atoms with Crippen molar-refractivity contribution in [2.24, 2.45) is 0 Å². The van der Waals surface area contributed by atoms with Crippen molar-refractivity contribution < 1.29 is 23.9 Å². The summed E-state index contributed by atoms with van der Waals surface area (Å²) in [6, 6.07) is 2.70. The van der Waals surface area contributed by atoms with Crippen LogP contribution in [-0.4, -0.2) is 70.1 Å². The molecular weight excluding hydrogens is 407 g/mol. The Hall–Kier alpha value is -3.27. The molecule has 10 heteroatoms. The number of aromatic carboxylic acids is 1. The number of rotatable bonds is 5. The lowest BCUT2D eigenvalue weighted by atomic mass is 10.1. The third-order valence-corrected chi connectivity index (χ3v) is 5.93. The van der Waals surface area contributed by atoms with E-state index in [2.05, 4.69) is 0 Å². The van der Waals surface area contributed by atoms with Crippen molar-refractivity contribution in [3.8, 4) is 0 Å². The molecule has 0 saturated carbocycles. The van der Waals surface area contributed by atoms with E-state index in [4.69, 9.17) is 0 Å². The summed E-state index contributed by atoms with van der Waals surface area (Å²) >= 11 is 0. The molecule has 1 aromatic heterocycles. The molecule has 0 radical (unpaired) electrons. The van der Waals surface area contributed by atoms with Gasteiger partial charge in [-0.25, -0.2) is 9.18 Å². The van der Waals surface area contributed by atoms with Gasteiger partial charge in [0.05, 0.1) is 17.9 Å². The van der Waals surface area contributed by atoms with Gasteiger partial charge in [-0.15, -0.1) is 0 Å². The van der Waals surface area contributed by atoms with Gasteiger partial charge in [0.1, 0.15) is 11.4 Å². The Morgan fingerprint density at radius 1 is 1.06 bits per heavy atom. The van der Waals surface area contributed by atoms with Gasteiger partial charge in [-0.1, -0.05) is 0 Å². The summed E-state index contributed by atoms with van der Waals surface area (Å²) < 4.78 is 16.6. The summed E-state index contributed by atoms with van der Waals surface area (Å²) in [5.74, 6) is -2.25. The van der Waals surface area contributed by atoms with E-state index in [0.717, 1.165) is 6.07 Å². The van der Waals surface area contributed by atoms with E-state index >= 15 is 0 Å². The Morgan fingerprint density at radius 3 is 2.29 bits per heavy atom. The molecule has 0 unspecified atom stereocenters. The lowest BCUT2D eigenvalue weighted by Crippen LogP contribution is -2.51. The van der Waals surface area contributed by atoms with Gasteiger partial charge in [0.25, 0.3) is 0 Å². The van der Waals surface area contributed by atoms with Crippen LogP contribution in [0.1, 0.15) is 30.1 Å². The predicted octanol–water partition coefficient (Wildman–Crippen LogP) is 1.09. The Kier molecular flexibility index (Phi) is 5.48. The number of hydrogen-bond donors (Lipinski definition) is 1. The Labute approximate surface area is 177 Å². The number of benzene rings is 1. The number of aromatic nitrogens is 1. The second kappa shape index (κ2) is 8.10. The minimum Gasteiger partial charge on any atom is -0.477 e. The first kappa shape index (κ1) is 21.0.